The third-order valence-electron chi connectivity index (χ3n) is 5.07. The maximum atomic E-state index is 12.7. The number of anilines is 1. The third-order valence-corrected chi connectivity index (χ3v) is 5.07. The van der Waals surface area contributed by atoms with E-state index in [9.17, 15) is 9.59 Å². The molecule has 2 aromatic rings. The fourth-order valence-corrected chi connectivity index (χ4v) is 3.52. The van der Waals surface area contributed by atoms with Crippen LogP contribution in [0, 0.1) is 5.92 Å². The molecule has 1 fully saturated rings. The van der Waals surface area contributed by atoms with Gasteiger partial charge in [-0.15, -0.1) is 0 Å². The number of piperidine rings is 1. The second-order valence-corrected chi connectivity index (χ2v) is 7.64. The summed E-state index contributed by atoms with van der Waals surface area (Å²) in [5.74, 6) is 0.583. The van der Waals surface area contributed by atoms with Gasteiger partial charge in [-0.25, -0.2) is 0 Å². The maximum Gasteiger partial charge on any atom is 0.246 e. The van der Waals surface area contributed by atoms with Crippen molar-refractivity contribution in [2.45, 2.75) is 26.7 Å². The molecule has 0 aliphatic carbocycles. The van der Waals surface area contributed by atoms with Crippen molar-refractivity contribution in [3.63, 3.8) is 0 Å². The smallest absolute Gasteiger partial charge is 0.246 e. The third kappa shape index (κ3) is 5.47. The van der Waals surface area contributed by atoms with Crippen LogP contribution in [-0.2, 0) is 9.59 Å². The summed E-state index contributed by atoms with van der Waals surface area (Å²) in [7, 11) is 1.65. The minimum atomic E-state index is -0.184. The van der Waals surface area contributed by atoms with E-state index in [0.717, 1.165) is 41.0 Å². The Morgan fingerprint density at radius 1 is 1.10 bits per heavy atom. The average Bonchev–Trinajstić information content (AvgIpc) is 2.74. The number of rotatable bonds is 5. The first-order valence-electron chi connectivity index (χ1n) is 9.95. The van der Waals surface area contributed by atoms with Gasteiger partial charge in [0.05, 0.1) is 13.0 Å². The van der Waals surface area contributed by atoms with Gasteiger partial charge in [0.25, 0.3) is 0 Å². The number of amides is 2. The summed E-state index contributed by atoms with van der Waals surface area (Å²) in [6.07, 6.45) is 3.28. The van der Waals surface area contributed by atoms with Gasteiger partial charge in [0, 0.05) is 24.9 Å². The normalized spacial score (nSPS) is 16.1. The number of nitrogens with one attached hydrogen (secondary N) is 1. The first kappa shape index (κ1) is 20.6. The summed E-state index contributed by atoms with van der Waals surface area (Å²) < 4.78 is 5.28. The van der Waals surface area contributed by atoms with Gasteiger partial charge in [-0.1, -0.05) is 29.8 Å². The lowest BCUT2D eigenvalue weighted by Crippen LogP contribution is -2.43. The Labute approximate surface area is 172 Å². The van der Waals surface area contributed by atoms with Gasteiger partial charge in [0.15, 0.2) is 0 Å². The number of ether oxygens (including phenoxy) is 1. The Morgan fingerprint density at radius 3 is 2.55 bits per heavy atom. The molecule has 0 saturated carbocycles. The molecule has 0 bridgehead atoms. The summed E-state index contributed by atoms with van der Waals surface area (Å²) in [6, 6.07) is 15.6. The molecule has 1 aliphatic heterocycles. The molecule has 1 N–H and O–H groups in total. The molecule has 1 atom stereocenters. The van der Waals surface area contributed by atoms with E-state index in [1.54, 1.807) is 18.1 Å². The van der Waals surface area contributed by atoms with Gasteiger partial charge in [0.1, 0.15) is 5.75 Å². The molecule has 0 aromatic heterocycles. The van der Waals surface area contributed by atoms with Gasteiger partial charge in [-0.05, 0) is 62.1 Å². The zero-order chi connectivity index (χ0) is 20.8. The second kappa shape index (κ2) is 9.41. The van der Waals surface area contributed by atoms with E-state index >= 15 is 0 Å². The number of hydrogen-bond acceptors (Lipinski definition) is 3. The van der Waals surface area contributed by atoms with Crippen molar-refractivity contribution in [1.29, 1.82) is 0 Å². The quantitative estimate of drug-likeness (QED) is 0.762. The standard InChI is InChI=1S/C24H28N2O3/c1-17(2)14-23(27)26-13-5-7-20(16-26)24(28)25-21-11-9-18(10-12-21)19-6-4-8-22(15-19)29-3/h4,6,8-12,14-15,20H,5,7,13,16H2,1-3H3,(H,25,28)/t20-/m1/s1. The van der Waals surface area contributed by atoms with Gasteiger partial charge < -0.3 is 15.0 Å². The maximum absolute atomic E-state index is 12.7. The molecule has 0 spiro atoms. The minimum Gasteiger partial charge on any atom is -0.497 e. The van der Waals surface area contributed by atoms with E-state index in [1.807, 2.05) is 62.4 Å². The Kier molecular flexibility index (Phi) is 6.70. The zero-order valence-electron chi connectivity index (χ0n) is 17.3. The summed E-state index contributed by atoms with van der Waals surface area (Å²) in [5, 5.41) is 3.00. The highest BCUT2D eigenvalue weighted by atomic mass is 16.5. The van der Waals surface area contributed by atoms with Gasteiger partial charge in [0.2, 0.25) is 11.8 Å². The van der Waals surface area contributed by atoms with Crippen LogP contribution in [0.1, 0.15) is 26.7 Å². The van der Waals surface area contributed by atoms with Crippen LogP contribution in [0.5, 0.6) is 5.75 Å². The Hall–Kier alpha value is -3.08. The van der Waals surface area contributed by atoms with Crippen LogP contribution >= 0.6 is 0 Å². The van der Waals surface area contributed by atoms with Crippen molar-refractivity contribution in [3.8, 4) is 16.9 Å². The number of hydrogen-bond donors (Lipinski definition) is 1. The average molecular weight is 392 g/mol. The minimum absolute atomic E-state index is 0.00913. The molecule has 152 valence electrons. The second-order valence-electron chi connectivity index (χ2n) is 7.64. The van der Waals surface area contributed by atoms with Gasteiger partial charge in [-0.3, -0.25) is 9.59 Å². The van der Waals surface area contributed by atoms with E-state index in [2.05, 4.69) is 5.32 Å². The molecule has 5 nitrogen and oxygen atoms in total. The highest BCUT2D eigenvalue weighted by molar-refractivity contribution is 5.94. The number of carbonyl (C=O) groups excluding carboxylic acids is 2. The van der Waals surface area contributed by atoms with Crippen molar-refractivity contribution in [1.82, 2.24) is 4.90 Å². The van der Waals surface area contributed by atoms with E-state index in [1.165, 1.54) is 0 Å². The highest BCUT2D eigenvalue weighted by Gasteiger charge is 2.27. The first-order chi connectivity index (χ1) is 14.0. The summed E-state index contributed by atoms with van der Waals surface area (Å²) >= 11 is 0. The molecule has 0 unspecified atom stereocenters. The van der Waals surface area contributed by atoms with Crippen LogP contribution < -0.4 is 10.1 Å². The topological polar surface area (TPSA) is 58.6 Å². The molecule has 0 radical (unpaired) electrons. The molecular formula is C24H28N2O3. The Morgan fingerprint density at radius 2 is 1.86 bits per heavy atom. The molecule has 5 heteroatoms. The predicted molar refractivity (Wildman–Crippen MR) is 116 cm³/mol. The van der Waals surface area contributed by atoms with Crippen LogP contribution in [0.3, 0.4) is 0 Å². The van der Waals surface area contributed by atoms with E-state index in [4.69, 9.17) is 4.74 Å². The number of carbonyl (C=O) groups is 2. The summed E-state index contributed by atoms with van der Waals surface area (Å²) in [6.45, 7) is 4.99. The number of methoxy groups -OCH3 is 1. The molecule has 1 heterocycles. The Balaban J connectivity index is 1.63. The zero-order valence-corrected chi connectivity index (χ0v) is 17.3. The molecule has 1 aliphatic rings. The van der Waals surface area contributed by atoms with Crippen LogP contribution in [-0.4, -0.2) is 36.9 Å². The van der Waals surface area contributed by atoms with Crippen molar-refractivity contribution < 1.29 is 14.3 Å². The molecule has 29 heavy (non-hydrogen) atoms. The number of nitrogens with zero attached hydrogens (tertiary/aromatic N) is 1. The number of allylic oxidation sites excluding steroid dienone is 1. The highest BCUT2D eigenvalue weighted by Crippen LogP contribution is 2.26. The molecule has 3 rings (SSSR count). The largest absolute Gasteiger partial charge is 0.497 e. The lowest BCUT2D eigenvalue weighted by atomic mass is 9.96. The van der Waals surface area contributed by atoms with Crippen molar-refractivity contribution in [2.24, 2.45) is 5.92 Å². The summed E-state index contributed by atoms with van der Waals surface area (Å²) in [4.78, 5) is 26.7. The van der Waals surface area contributed by atoms with Crippen LogP contribution in [0.25, 0.3) is 11.1 Å². The number of benzene rings is 2. The fraction of sp³-hybridized carbons (Fsp3) is 0.333. The Bertz CT molecular complexity index is 899. The summed E-state index contributed by atoms with van der Waals surface area (Å²) in [5.41, 5.74) is 3.84. The van der Waals surface area contributed by atoms with E-state index in [0.29, 0.717) is 13.1 Å². The number of likely N-dealkylation sites (tertiary alicyclic amines) is 1. The fourth-order valence-electron chi connectivity index (χ4n) is 3.52. The lowest BCUT2D eigenvalue weighted by Gasteiger charge is -2.31. The van der Waals surface area contributed by atoms with E-state index in [-0.39, 0.29) is 17.7 Å². The van der Waals surface area contributed by atoms with E-state index < -0.39 is 0 Å². The first-order valence-corrected chi connectivity index (χ1v) is 9.95. The van der Waals surface area contributed by atoms with Crippen molar-refractivity contribution in [3.05, 3.63) is 60.2 Å². The molecule has 2 aromatic carbocycles. The van der Waals surface area contributed by atoms with Crippen LogP contribution in [0.15, 0.2) is 60.2 Å². The van der Waals surface area contributed by atoms with Crippen LogP contribution in [0.2, 0.25) is 0 Å². The monoisotopic (exact) mass is 392 g/mol. The van der Waals surface area contributed by atoms with Gasteiger partial charge >= 0.3 is 0 Å². The molecular weight excluding hydrogens is 364 g/mol. The molecule has 2 amide bonds. The van der Waals surface area contributed by atoms with Crippen molar-refractivity contribution >= 4 is 17.5 Å². The van der Waals surface area contributed by atoms with Gasteiger partial charge in [-0.2, -0.15) is 0 Å². The predicted octanol–water partition coefficient (Wildman–Crippen LogP) is 4.51. The molecule has 1 saturated heterocycles. The lowest BCUT2D eigenvalue weighted by molar-refractivity contribution is -0.130. The van der Waals surface area contributed by atoms with Crippen LogP contribution in [0.4, 0.5) is 5.69 Å². The SMILES string of the molecule is COc1cccc(-c2ccc(NC(=O)[C@@H]3CCCN(C(=O)C=C(C)C)C3)cc2)c1. The van der Waals surface area contributed by atoms with Crippen molar-refractivity contribution in [2.75, 3.05) is 25.5 Å².